The third-order valence-corrected chi connectivity index (χ3v) is 4.20. The van der Waals surface area contributed by atoms with Crippen molar-refractivity contribution in [1.29, 1.82) is 0 Å². The van der Waals surface area contributed by atoms with Crippen molar-refractivity contribution in [3.05, 3.63) is 72.8 Å². The highest BCUT2D eigenvalue weighted by Crippen LogP contribution is 2.15. The van der Waals surface area contributed by atoms with Gasteiger partial charge in [0.05, 0.1) is 22.2 Å². The molecular weight excluding hydrogens is 270 g/mol. The summed E-state index contributed by atoms with van der Waals surface area (Å²) in [5.41, 5.74) is 1.95. The predicted octanol–water partition coefficient (Wildman–Crippen LogP) is 2.58. The summed E-state index contributed by atoms with van der Waals surface area (Å²) in [6, 6.07) is 13.5. The Morgan fingerprint density at radius 2 is 1.75 bits per heavy atom. The second-order valence-electron chi connectivity index (χ2n) is 4.26. The van der Waals surface area contributed by atoms with Crippen LogP contribution in [0.5, 0.6) is 0 Å². The molecule has 3 aromatic rings. The fourth-order valence-electron chi connectivity index (χ4n) is 1.95. The van der Waals surface area contributed by atoms with E-state index in [9.17, 15) is 4.21 Å². The molecule has 100 valence electrons. The lowest BCUT2D eigenvalue weighted by Gasteiger charge is -2.07. The predicted molar refractivity (Wildman–Crippen MR) is 77.9 cm³/mol. The first kappa shape index (κ1) is 12.7. The Labute approximate surface area is 119 Å². The first-order valence-electron chi connectivity index (χ1n) is 6.20. The maximum absolute atomic E-state index is 12.5. The Kier molecular flexibility index (Phi) is 3.69. The molecule has 0 amide bonds. The van der Waals surface area contributed by atoms with Gasteiger partial charge in [0.2, 0.25) is 5.16 Å². The number of nitrogens with zero attached hydrogens (tertiary/aromatic N) is 3. The molecule has 5 heteroatoms. The zero-order chi connectivity index (χ0) is 13.8. The number of hydrogen-bond acceptors (Lipinski definition) is 3. The van der Waals surface area contributed by atoms with Crippen molar-refractivity contribution in [1.82, 2.24) is 14.5 Å². The minimum Gasteiger partial charge on any atom is -0.293 e. The van der Waals surface area contributed by atoms with E-state index in [2.05, 4.69) is 9.97 Å². The van der Waals surface area contributed by atoms with Crippen LogP contribution in [-0.2, 0) is 16.6 Å². The van der Waals surface area contributed by atoms with Crippen molar-refractivity contribution in [2.75, 3.05) is 0 Å². The normalized spacial score (nSPS) is 12.2. The molecule has 0 saturated heterocycles. The molecule has 0 spiro atoms. The van der Waals surface area contributed by atoms with Crippen LogP contribution >= 0.6 is 0 Å². The van der Waals surface area contributed by atoms with Gasteiger partial charge in [0.15, 0.2) is 0 Å². The van der Waals surface area contributed by atoms with Crippen LogP contribution < -0.4 is 0 Å². The van der Waals surface area contributed by atoms with E-state index in [1.54, 1.807) is 18.6 Å². The number of pyridine rings is 1. The number of imidazole rings is 1. The molecular formula is C15H13N3OS. The number of rotatable bonds is 4. The van der Waals surface area contributed by atoms with Crippen LogP contribution in [0.4, 0.5) is 0 Å². The minimum atomic E-state index is -1.18. The summed E-state index contributed by atoms with van der Waals surface area (Å²) in [5, 5.41) is 0.556. The molecule has 0 radical (unpaired) electrons. The van der Waals surface area contributed by atoms with Gasteiger partial charge in [-0.25, -0.2) is 4.98 Å². The van der Waals surface area contributed by atoms with Crippen molar-refractivity contribution in [3.63, 3.8) is 0 Å². The van der Waals surface area contributed by atoms with E-state index in [1.165, 1.54) is 0 Å². The Morgan fingerprint density at radius 1 is 1.00 bits per heavy atom. The Morgan fingerprint density at radius 3 is 2.50 bits per heavy atom. The fraction of sp³-hybridized carbons (Fsp3) is 0.0667. The van der Waals surface area contributed by atoms with Crippen molar-refractivity contribution >= 4 is 10.8 Å². The standard InChI is InChI=1S/C15H13N3OS/c19-20(12-13-4-2-1-3-5-13)15-17-10-11-18(15)14-6-8-16-9-7-14/h1-11H,12H2. The van der Waals surface area contributed by atoms with Gasteiger partial charge < -0.3 is 0 Å². The van der Waals surface area contributed by atoms with E-state index in [4.69, 9.17) is 0 Å². The quantitative estimate of drug-likeness (QED) is 0.739. The van der Waals surface area contributed by atoms with Gasteiger partial charge in [-0.15, -0.1) is 0 Å². The second-order valence-corrected chi connectivity index (χ2v) is 5.61. The molecule has 2 aromatic heterocycles. The Bertz CT molecular complexity index is 710. The monoisotopic (exact) mass is 283 g/mol. The van der Waals surface area contributed by atoms with Gasteiger partial charge in [0, 0.05) is 24.8 Å². The van der Waals surface area contributed by atoms with Crippen molar-refractivity contribution in [2.45, 2.75) is 10.9 Å². The Balaban J connectivity index is 1.88. The van der Waals surface area contributed by atoms with E-state index in [0.29, 0.717) is 10.9 Å². The lowest BCUT2D eigenvalue weighted by Crippen LogP contribution is -2.05. The fourth-order valence-corrected chi connectivity index (χ4v) is 3.14. The number of hydrogen-bond donors (Lipinski definition) is 0. The third-order valence-electron chi connectivity index (χ3n) is 2.89. The Hall–Kier alpha value is -2.27. The minimum absolute atomic E-state index is 0.461. The topological polar surface area (TPSA) is 47.8 Å². The van der Waals surface area contributed by atoms with Crippen LogP contribution in [0.1, 0.15) is 5.56 Å². The molecule has 1 unspecified atom stereocenters. The summed E-state index contributed by atoms with van der Waals surface area (Å²) in [5.74, 6) is 0.461. The molecule has 1 atom stereocenters. The zero-order valence-electron chi connectivity index (χ0n) is 10.7. The average Bonchev–Trinajstić information content (AvgIpc) is 2.99. The van der Waals surface area contributed by atoms with Gasteiger partial charge in [-0.05, 0) is 17.7 Å². The molecule has 4 nitrogen and oxygen atoms in total. The number of benzene rings is 1. The highest BCUT2D eigenvalue weighted by molar-refractivity contribution is 7.84. The SMILES string of the molecule is O=S(Cc1ccccc1)c1nccn1-c1ccncc1. The summed E-state index contributed by atoms with van der Waals surface area (Å²) < 4.78 is 14.3. The van der Waals surface area contributed by atoms with Gasteiger partial charge >= 0.3 is 0 Å². The zero-order valence-corrected chi connectivity index (χ0v) is 11.5. The maximum Gasteiger partial charge on any atom is 0.203 e. The molecule has 0 aliphatic carbocycles. The van der Waals surface area contributed by atoms with E-state index in [1.807, 2.05) is 53.2 Å². The van der Waals surface area contributed by atoms with Gasteiger partial charge in [-0.2, -0.15) is 0 Å². The van der Waals surface area contributed by atoms with Gasteiger partial charge in [-0.3, -0.25) is 13.8 Å². The van der Waals surface area contributed by atoms with Crippen molar-refractivity contribution in [3.8, 4) is 5.69 Å². The molecule has 0 saturated carbocycles. The molecule has 2 heterocycles. The highest BCUT2D eigenvalue weighted by atomic mass is 32.2. The average molecular weight is 283 g/mol. The second kappa shape index (κ2) is 5.79. The molecule has 0 fully saturated rings. The van der Waals surface area contributed by atoms with Crippen molar-refractivity contribution in [2.24, 2.45) is 0 Å². The first-order valence-corrected chi connectivity index (χ1v) is 7.52. The van der Waals surface area contributed by atoms with E-state index in [-0.39, 0.29) is 0 Å². The first-order chi connectivity index (χ1) is 9.84. The smallest absolute Gasteiger partial charge is 0.203 e. The highest BCUT2D eigenvalue weighted by Gasteiger charge is 2.12. The summed E-state index contributed by atoms with van der Waals surface area (Å²) in [6.07, 6.45) is 6.89. The van der Waals surface area contributed by atoms with E-state index in [0.717, 1.165) is 11.3 Å². The van der Waals surface area contributed by atoms with Crippen LogP contribution in [0.25, 0.3) is 5.69 Å². The van der Waals surface area contributed by atoms with Crippen LogP contribution in [0.3, 0.4) is 0 Å². The molecule has 0 aliphatic heterocycles. The van der Waals surface area contributed by atoms with Crippen LogP contribution in [0.2, 0.25) is 0 Å². The lowest BCUT2D eigenvalue weighted by atomic mass is 10.2. The summed E-state index contributed by atoms with van der Waals surface area (Å²) in [4.78, 5) is 8.22. The van der Waals surface area contributed by atoms with Gasteiger partial charge in [0.25, 0.3) is 0 Å². The molecule has 20 heavy (non-hydrogen) atoms. The maximum atomic E-state index is 12.5. The van der Waals surface area contributed by atoms with Gasteiger partial charge in [0.1, 0.15) is 0 Å². The largest absolute Gasteiger partial charge is 0.293 e. The van der Waals surface area contributed by atoms with E-state index < -0.39 is 10.8 Å². The summed E-state index contributed by atoms with van der Waals surface area (Å²) in [6.45, 7) is 0. The summed E-state index contributed by atoms with van der Waals surface area (Å²) in [7, 11) is -1.18. The molecule has 0 aliphatic rings. The van der Waals surface area contributed by atoms with E-state index >= 15 is 0 Å². The van der Waals surface area contributed by atoms with Crippen molar-refractivity contribution < 1.29 is 4.21 Å². The molecule has 1 aromatic carbocycles. The molecule has 3 rings (SSSR count). The molecule has 0 bridgehead atoms. The van der Waals surface area contributed by atoms with Crippen LogP contribution in [-0.4, -0.2) is 18.7 Å². The van der Waals surface area contributed by atoms with Crippen LogP contribution in [0, 0.1) is 0 Å². The van der Waals surface area contributed by atoms with Gasteiger partial charge in [-0.1, -0.05) is 30.3 Å². The lowest BCUT2D eigenvalue weighted by molar-refractivity contribution is 0.672. The number of aromatic nitrogens is 3. The third kappa shape index (κ3) is 2.67. The van der Waals surface area contributed by atoms with Crippen LogP contribution in [0.15, 0.2) is 72.4 Å². The molecule has 0 N–H and O–H groups in total. The summed E-state index contributed by atoms with van der Waals surface area (Å²) >= 11 is 0.